The molecule has 0 saturated carbocycles. The molecule has 1 amide bonds. The molecule has 70 valence electrons. The summed E-state index contributed by atoms with van der Waals surface area (Å²) in [6, 6.07) is 0. The number of nitrogens with two attached hydrogens (primary N) is 2. The second kappa shape index (κ2) is 3.41. The number of likely N-dealkylation sites (tertiary alicyclic amines) is 1. The van der Waals surface area contributed by atoms with Gasteiger partial charge in [-0.1, -0.05) is 0 Å². The Hall–Kier alpha value is -0.610. The summed E-state index contributed by atoms with van der Waals surface area (Å²) >= 11 is 0. The zero-order valence-corrected chi connectivity index (χ0v) is 7.55. The SMILES string of the molecule is CC(N)(CN1CCCC1)C(N)=O. The average molecular weight is 171 g/mol. The first-order valence-electron chi connectivity index (χ1n) is 4.33. The largest absolute Gasteiger partial charge is 0.368 e. The van der Waals surface area contributed by atoms with Gasteiger partial charge in [-0.2, -0.15) is 0 Å². The van der Waals surface area contributed by atoms with Crippen molar-refractivity contribution in [2.45, 2.75) is 25.3 Å². The van der Waals surface area contributed by atoms with E-state index in [0.717, 1.165) is 13.1 Å². The summed E-state index contributed by atoms with van der Waals surface area (Å²) in [5.74, 6) is -0.422. The van der Waals surface area contributed by atoms with Crippen LogP contribution in [0.1, 0.15) is 19.8 Å². The highest BCUT2D eigenvalue weighted by atomic mass is 16.1. The van der Waals surface area contributed by atoms with Gasteiger partial charge in [-0.3, -0.25) is 4.79 Å². The third-order valence-corrected chi connectivity index (χ3v) is 2.31. The van der Waals surface area contributed by atoms with Crippen LogP contribution in [0, 0.1) is 0 Å². The van der Waals surface area contributed by atoms with Crippen molar-refractivity contribution in [1.82, 2.24) is 4.90 Å². The molecule has 1 aliphatic rings. The van der Waals surface area contributed by atoms with Gasteiger partial charge in [0.25, 0.3) is 0 Å². The Morgan fingerprint density at radius 3 is 2.42 bits per heavy atom. The monoisotopic (exact) mass is 171 g/mol. The Labute approximate surface area is 72.9 Å². The highest BCUT2D eigenvalue weighted by Gasteiger charge is 2.29. The van der Waals surface area contributed by atoms with E-state index in [1.165, 1.54) is 12.8 Å². The van der Waals surface area contributed by atoms with E-state index in [0.29, 0.717) is 6.54 Å². The van der Waals surface area contributed by atoms with Crippen molar-refractivity contribution < 1.29 is 4.79 Å². The number of rotatable bonds is 3. The van der Waals surface area contributed by atoms with E-state index in [-0.39, 0.29) is 0 Å². The van der Waals surface area contributed by atoms with Gasteiger partial charge in [-0.25, -0.2) is 0 Å². The molecule has 0 aromatic carbocycles. The normalized spacial score (nSPS) is 23.8. The van der Waals surface area contributed by atoms with Crippen LogP contribution >= 0.6 is 0 Å². The van der Waals surface area contributed by atoms with Crippen LogP contribution in [-0.2, 0) is 4.79 Å². The van der Waals surface area contributed by atoms with Crippen molar-refractivity contribution in [3.63, 3.8) is 0 Å². The van der Waals surface area contributed by atoms with Crippen LogP contribution in [-0.4, -0.2) is 36.0 Å². The van der Waals surface area contributed by atoms with Crippen molar-refractivity contribution in [2.75, 3.05) is 19.6 Å². The van der Waals surface area contributed by atoms with Gasteiger partial charge in [0, 0.05) is 6.54 Å². The van der Waals surface area contributed by atoms with Crippen LogP contribution in [0.4, 0.5) is 0 Å². The van der Waals surface area contributed by atoms with E-state index >= 15 is 0 Å². The van der Waals surface area contributed by atoms with E-state index in [4.69, 9.17) is 11.5 Å². The summed E-state index contributed by atoms with van der Waals surface area (Å²) in [5, 5.41) is 0. The van der Waals surface area contributed by atoms with Crippen molar-refractivity contribution in [2.24, 2.45) is 11.5 Å². The maximum Gasteiger partial charge on any atom is 0.238 e. The molecular weight excluding hydrogens is 154 g/mol. The van der Waals surface area contributed by atoms with Gasteiger partial charge < -0.3 is 16.4 Å². The molecule has 4 N–H and O–H groups in total. The average Bonchev–Trinajstić information content (AvgIpc) is 2.38. The first kappa shape index (κ1) is 9.48. The number of amides is 1. The lowest BCUT2D eigenvalue weighted by Gasteiger charge is -2.26. The molecule has 0 aromatic rings. The minimum atomic E-state index is -0.871. The molecule has 0 aromatic heterocycles. The Bertz CT molecular complexity index is 173. The van der Waals surface area contributed by atoms with Crippen LogP contribution < -0.4 is 11.5 Å². The van der Waals surface area contributed by atoms with Crippen LogP contribution in [0.2, 0.25) is 0 Å². The van der Waals surface area contributed by atoms with Gasteiger partial charge in [0.2, 0.25) is 5.91 Å². The van der Waals surface area contributed by atoms with Crippen molar-refractivity contribution >= 4 is 5.91 Å². The summed E-state index contributed by atoms with van der Waals surface area (Å²) in [4.78, 5) is 13.1. The summed E-state index contributed by atoms with van der Waals surface area (Å²) < 4.78 is 0. The molecule has 1 atom stereocenters. The lowest BCUT2D eigenvalue weighted by molar-refractivity contribution is -0.123. The van der Waals surface area contributed by atoms with Gasteiger partial charge in [0.1, 0.15) is 5.54 Å². The van der Waals surface area contributed by atoms with E-state index in [2.05, 4.69) is 4.90 Å². The van der Waals surface area contributed by atoms with Crippen molar-refractivity contribution in [3.05, 3.63) is 0 Å². The molecule has 1 fully saturated rings. The van der Waals surface area contributed by atoms with Gasteiger partial charge in [-0.05, 0) is 32.9 Å². The minimum absolute atomic E-state index is 0.422. The van der Waals surface area contributed by atoms with Crippen LogP contribution in [0.5, 0.6) is 0 Å². The van der Waals surface area contributed by atoms with Crippen molar-refractivity contribution in [3.8, 4) is 0 Å². The smallest absolute Gasteiger partial charge is 0.238 e. The molecule has 1 heterocycles. The fraction of sp³-hybridized carbons (Fsp3) is 0.875. The maximum absolute atomic E-state index is 10.9. The molecule has 0 aliphatic carbocycles. The number of carbonyl (C=O) groups excluding carboxylic acids is 1. The lowest BCUT2D eigenvalue weighted by Crippen LogP contribution is -2.56. The molecule has 4 nitrogen and oxygen atoms in total. The summed E-state index contributed by atoms with van der Waals surface area (Å²) in [5.41, 5.74) is 10.0. The van der Waals surface area contributed by atoms with E-state index in [9.17, 15) is 4.79 Å². The second-order valence-corrected chi connectivity index (χ2v) is 3.76. The molecule has 1 unspecified atom stereocenters. The quantitative estimate of drug-likeness (QED) is 0.589. The number of carbonyl (C=O) groups is 1. The first-order chi connectivity index (χ1) is 5.52. The number of hydrogen-bond donors (Lipinski definition) is 2. The van der Waals surface area contributed by atoms with Crippen LogP contribution in [0.3, 0.4) is 0 Å². The minimum Gasteiger partial charge on any atom is -0.368 e. The van der Waals surface area contributed by atoms with Gasteiger partial charge in [-0.15, -0.1) is 0 Å². The van der Waals surface area contributed by atoms with Crippen LogP contribution in [0.15, 0.2) is 0 Å². The molecule has 1 saturated heterocycles. The van der Waals surface area contributed by atoms with Gasteiger partial charge in [0.15, 0.2) is 0 Å². The second-order valence-electron chi connectivity index (χ2n) is 3.76. The summed E-state index contributed by atoms with van der Waals surface area (Å²) in [6.07, 6.45) is 2.41. The molecular formula is C8H17N3O. The van der Waals surface area contributed by atoms with Gasteiger partial charge in [0.05, 0.1) is 0 Å². The number of hydrogen-bond acceptors (Lipinski definition) is 3. The maximum atomic E-state index is 10.9. The highest BCUT2D eigenvalue weighted by Crippen LogP contribution is 2.10. The molecule has 0 spiro atoms. The topological polar surface area (TPSA) is 72.3 Å². The molecule has 0 radical (unpaired) electrons. The molecule has 0 bridgehead atoms. The van der Waals surface area contributed by atoms with E-state index in [1.54, 1.807) is 6.92 Å². The third-order valence-electron chi connectivity index (χ3n) is 2.31. The van der Waals surface area contributed by atoms with Crippen LogP contribution in [0.25, 0.3) is 0 Å². The predicted molar refractivity (Wildman–Crippen MR) is 47.5 cm³/mol. The van der Waals surface area contributed by atoms with E-state index < -0.39 is 11.4 Å². The molecule has 1 aliphatic heterocycles. The lowest BCUT2D eigenvalue weighted by atomic mass is 10.0. The Morgan fingerprint density at radius 1 is 1.50 bits per heavy atom. The highest BCUT2D eigenvalue weighted by molar-refractivity contribution is 5.84. The van der Waals surface area contributed by atoms with Crippen molar-refractivity contribution in [1.29, 1.82) is 0 Å². The van der Waals surface area contributed by atoms with E-state index in [1.807, 2.05) is 0 Å². The fourth-order valence-corrected chi connectivity index (χ4v) is 1.48. The summed E-state index contributed by atoms with van der Waals surface area (Å²) in [6.45, 7) is 4.36. The Morgan fingerprint density at radius 2 is 2.00 bits per heavy atom. The Balaban J connectivity index is 2.42. The summed E-state index contributed by atoms with van der Waals surface area (Å²) in [7, 11) is 0. The predicted octanol–water partition coefficient (Wildman–Crippen LogP) is -0.715. The Kier molecular flexibility index (Phi) is 2.69. The zero-order chi connectivity index (χ0) is 9.19. The first-order valence-corrected chi connectivity index (χ1v) is 4.33. The molecule has 1 rings (SSSR count). The number of nitrogens with zero attached hydrogens (tertiary/aromatic N) is 1. The fourth-order valence-electron chi connectivity index (χ4n) is 1.48. The number of primary amides is 1. The van der Waals surface area contributed by atoms with Gasteiger partial charge >= 0.3 is 0 Å². The standard InChI is InChI=1S/C8H17N3O/c1-8(10,7(9)12)6-11-4-2-3-5-11/h2-6,10H2,1H3,(H2,9,12). The molecule has 4 heteroatoms. The third kappa shape index (κ3) is 2.19. The zero-order valence-electron chi connectivity index (χ0n) is 7.55. The molecule has 12 heavy (non-hydrogen) atoms.